The topological polar surface area (TPSA) is 35.8 Å². The van der Waals surface area contributed by atoms with Gasteiger partial charge in [-0.05, 0) is 49.6 Å². The summed E-state index contributed by atoms with van der Waals surface area (Å²) in [4.78, 5) is 6.95. The second-order valence-corrected chi connectivity index (χ2v) is 5.93. The molecule has 2 aromatic carbocycles. The van der Waals surface area contributed by atoms with E-state index in [0.29, 0.717) is 10.6 Å². The highest BCUT2D eigenvalue weighted by atomic mass is 35.5. The van der Waals surface area contributed by atoms with Crippen molar-refractivity contribution in [3.8, 4) is 5.75 Å². The van der Waals surface area contributed by atoms with E-state index < -0.39 is 0 Å². The first-order chi connectivity index (χ1) is 10.7. The number of rotatable bonds is 3. The molecule has 1 N–H and O–H groups in total. The first kappa shape index (κ1) is 14.9. The number of nitrogens with zero attached hydrogens (tertiary/aromatic N) is 2. The van der Waals surface area contributed by atoms with Crippen molar-refractivity contribution in [1.29, 1.82) is 0 Å². The Kier molecular flexibility index (Phi) is 4.64. The normalized spacial score (nSPS) is 15.4. The third-order valence-electron chi connectivity index (χ3n) is 3.91. The molecule has 0 spiro atoms. The smallest absolute Gasteiger partial charge is 0.124 e. The highest BCUT2D eigenvalue weighted by molar-refractivity contribution is 6.30. The Bertz CT molecular complexity index is 679. The van der Waals surface area contributed by atoms with Crippen LogP contribution in [0.15, 0.2) is 47.5 Å². The van der Waals surface area contributed by atoms with E-state index in [1.807, 2.05) is 18.2 Å². The molecule has 0 atom stereocenters. The Morgan fingerprint density at radius 2 is 1.82 bits per heavy atom. The van der Waals surface area contributed by atoms with Crippen molar-refractivity contribution in [2.45, 2.75) is 19.3 Å². The van der Waals surface area contributed by atoms with Crippen LogP contribution < -0.4 is 4.90 Å². The SMILES string of the molecule is Oc1ccc(Cl)cc1C=Nc1ccccc1N1CCCCC1. The molecule has 0 aliphatic carbocycles. The van der Waals surface area contributed by atoms with E-state index in [2.05, 4.69) is 16.0 Å². The molecule has 0 bridgehead atoms. The summed E-state index contributed by atoms with van der Waals surface area (Å²) in [6.45, 7) is 2.16. The van der Waals surface area contributed by atoms with Gasteiger partial charge in [0, 0.05) is 29.9 Å². The van der Waals surface area contributed by atoms with Crippen molar-refractivity contribution in [3.05, 3.63) is 53.1 Å². The average Bonchev–Trinajstić information content (AvgIpc) is 2.57. The maximum absolute atomic E-state index is 9.87. The van der Waals surface area contributed by atoms with Crippen LogP contribution in [0.4, 0.5) is 11.4 Å². The lowest BCUT2D eigenvalue weighted by Gasteiger charge is -2.29. The van der Waals surface area contributed by atoms with Gasteiger partial charge in [0.2, 0.25) is 0 Å². The number of phenolic OH excluding ortho intramolecular Hbond substituents is 1. The van der Waals surface area contributed by atoms with E-state index in [1.165, 1.54) is 19.3 Å². The van der Waals surface area contributed by atoms with Crippen molar-refractivity contribution in [2.24, 2.45) is 4.99 Å². The first-order valence-corrected chi connectivity index (χ1v) is 7.98. The van der Waals surface area contributed by atoms with Gasteiger partial charge in [-0.15, -0.1) is 0 Å². The third-order valence-corrected chi connectivity index (χ3v) is 4.15. The summed E-state index contributed by atoms with van der Waals surface area (Å²) in [7, 11) is 0. The predicted octanol–water partition coefficient (Wildman–Crippen LogP) is 4.79. The Hall–Kier alpha value is -2.00. The Morgan fingerprint density at radius 1 is 1.05 bits per heavy atom. The lowest BCUT2D eigenvalue weighted by atomic mass is 10.1. The van der Waals surface area contributed by atoms with E-state index in [4.69, 9.17) is 11.6 Å². The summed E-state index contributed by atoms with van der Waals surface area (Å²) in [5.41, 5.74) is 2.70. The van der Waals surface area contributed by atoms with E-state index in [-0.39, 0.29) is 5.75 Å². The van der Waals surface area contributed by atoms with Crippen LogP contribution in [0.3, 0.4) is 0 Å². The van der Waals surface area contributed by atoms with Crippen LogP contribution in [0.5, 0.6) is 5.75 Å². The van der Waals surface area contributed by atoms with Crippen molar-refractivity contribution >= 4 is 29.2 Å². The zero-order chi connectivity index (χ0) is 15.4. The molecule has 0 unspecified atom stereocenters. The van der Waals surface area contributed by atoms with Crippen LogP contribution in [-0.2, 0) is 0 Å². The summed E-state index contributed by atoms with van der Waals surface area (Å²) in [5.74, 6) is 0.184. The molecule has 1 fully saturated rings. The number of hydrogen-bond donors (Lipinski definition) is 1. The van der Waals surface area contributed by atoms with Crippen LogP contribution in [0.25, 0.3) is 0 Å². The molecule has 0 aromatic heterocycles. The zero-order valence-electron chi connectivity index (χ0n) is 12.4. The number of aromatic hydroxyl groups is 1. The zero-order valence-corrected chi connectivity index (χ0v) is 13.1. The number of hydrogen-bond acceptors (Lipinski definition) is 3. The van der Waals surface area contributed by atoms with Crippen LogP contribution in [0, 0.1) is 0 Å². The fraction of sp³-hybridized carbons (Fsp3) is 0.278. The molecule has 0 saturated carbocycles. The summed E-state index contributed by atoms with van der Waals surface area (Å²) in [6.07, 6.45) is 5.43. The Labute approximate surface area is 135 Å². The maximum atomic E-state index is 9.87. The molecule has 2 aromatic rings. The molecule has 1 saturated heterocycles. The third kappa shape index (κ3) is 3.42. The van der Waals surface area contributed by atoms with E-state index in [9.17, 15) is 5.11 Å². The highest BCUT2D eigenvalue weighted by Gasteiger charge is 2.13. The van der Waals surface area contributed by atoms with Crippen molar-refractivity contribution in [1.82, 2.24) is 0 Å². The number of anilines is 1. The van der Waals surface area contributed by atoms with Crippen molar-refractivity contribution < 1.29 is 5.11 Å². The molecule has 22 heavy (non-hydrogen) atoms. The molecule has 0 amide bonds. The van der Waals surface area contributed by atoms with Crippen molar-refractivity contribution in [3.63, 3.8) is 0 Å². The number of benzene rings is 2. The lowest BCUT2D eigenvalue weighted by molar-refractivity contribution is 0.474. The van der Waals surface area contributed by atoms with Gasteiger partial charge in [-0.1, -0.05) is 23.7 Å². The molecule has 4 heteroatoms. The minimum absolute atomic E-state index is 0.184. The quantitative estimate of drug-likeness (QED) is 0.827. The molecule has 114 valence electrons. The number of aliphatic imine (C=N–C) groups is 1. The highest BCUT2D eigenvalue weighted by Crippen LogP contribution is 2.31. The second-order valence-electron chi connectivity index (χ2n) is 5.50. The monoisotopic (exact) mass is 314 g/mol. The molecule has 0 radical (unpaired) electrons. The Balaban J connectivity index is 1.88. The van der Waals surface area contributed by atoms with Gasteiger partial charge in [0.25, 0.3) is 0 Å². The fourth-order valence-electron chi connectivity index (χ4n) is 2.74. The summed E-state index contributed by atoms with van der Waals surface area (Å²) < 4.78 is 0. The van der Waals surface area contributed by atoms with Gasteiger partial charge in [-0.2, -0.15) is 0 Å². The first-order valence-electron chi connectivity index (χ1n) is 7.60. The predicted molar refractivity (Wildman–Crippen MR) is 92.9 cm³/mol. The van der Waals surface area contributed by atoms with Gasteiger partial charge in [-0.3, -0.25) is 4.99 Å². The van der Waals surface area contributed by atoms with Gasteiger partial charge in [0.15, 0.2) is 0 Å². The van der Waals surface area contributed by atoms with E-state index in [0.717, 1.165) is 24.5 Å². The molecular formula is C18H19ClN2O. The van der Waals surface area contributed by atoms with Crippen LogP contribution in [-0.4, -0.2) is 24.4 Å². The summed E-state index contributed by atoms with van der Waals surface area (Å²) >= 11 is 5.97. The van der Waals surface area contributed by atoms with Gasteiger partial charge in [-0.25, -0.2) is 0 Å². The number of phenols is 1. The van der Waals surface area contributed by atoms with Crippen LogP contribution in [0.1, 0.15) is 24.8 Å². The van der Waals surface area contributed by atoms with Gasteiger partial charge in [0.05, 0.1) is 11.4 Å². The molecule has 3 rings (SSSR count). The van der Waals surface area contributed by atoms with Crippen LogP contribution >= 0.6 is 11.6 Å². The molecule has 1 aliphatic heterocycles. The lowest BCUT2D eigenvalue weighted by Crippen LogP contribution is -2.29. The largest absolute Gasteiger partial charge is 0.507 e. The van der Waals surface area contributed by atoms with E-state index >= 15 is 0 Å². The van der Waals surface area contributed by atoms with Gasteiger partial charge in [0.1, 0.15) is 5.75 Å². The van der Waals surface area contributed by atoms with E-state index in [1.54, 1.807) is 24.4 Å². The maximum Gasteiger partial charge on any atom is 0.124 e. The number of piperidine rings is 1. The second kappa shape index (κ2) is 6.84. The van der Waals surface area contributed by atoms with Gasteiger partial charge < -0.3 is 10.0 Å². The van der Waals surface area contributed by atoms with Gasteiger partial charge >= 0.3 is 0 Å². The number of para-hydroxylation sites is 2. The summed E-state index contributed by atoms with van der Waals surface area (Å²) in [6, 6.07) is 13.1. The van der Waals surface area contributed by atoms with Crippen molar-refractivity contribution in [2.75, 3.05) is 18.0 Å². The fourth-order valence-corrected chi connectivity index (χ4v) is 2.92. The molecular weight excluding hydrogens is 296 g/mol. The minimum atomic E-state index is 0.184. The molecule has 1 heterocycles. The molecule has 3 nitrogen and oxygen atoms in total. The Morgan fingerprint density at radius 3 is 2.64 bits per heavy atom. The summed E-state index contributed by atoms with van der Waals surface area (Å²) in [5, 5.41) is 10.5. The standard InChI is InChI=1S/C18H19ClN2O/c19-15-8-9-18(22)14(12-15)13-20-16-6-2-3-7-17(16)21-10-4-1-5-11-21/h2-3,6-9,12-13,22H,1,4-5,10-11H2. The molecule has 1 aliphatic rings. The average molecular weight is 315 g/mol. The van der Waals surface area contributed by atoms with Crippen LogP contribution in [0.2, 0.25) is 5.02 Å². The minimum Gasteiger partial charge on any atom is -0.507 e. The number of halogens is 1.